The monoisotopic (exact) mass is 279 g/mol. The Morgan fingerprint density at radius 3 is 2.88 bits per heavy atom. The summed E-state index contributed by atoms with van der Waals surface area (Å²) in [4.78, 5) is 5.02. The molecule has 2 nitrogen and oxygen atoms in total. The summed E-state index contributed by atoms with van der Waals surface area (Å²) in [7, 11) is 0. The van der Waals surface area contributed by atoms with E-state index in [2.05, 4.69) is 20.9 Å². The van der Waals surface area contributed by atoms with E-state index >= 15 is 0 Å². The van der Waals surface area contributed by atoms with E-state index in [1.165, 1.54) is 19.3 Å². The molecule has 84 valence electrons. The summed E-state index contributed by atoms with van der Waals surface area (Å²) >= 11 is 3.75. The minimum absolute atomic E-state index is 0.523. The highest BCUT2D eigenvalue weighted by atomic mass is 79.9. The van der Waals surface area contributed by atoms with Gasteiger partial charge >= 0.3 is 0 Å². The summed E-state index contributed by atoms with van der Waals surface area (Å²) in [5.74, 6) is 1.67. The van der Waals surface area contributed by atoms with E-state index < -0.39 is 0 Å². The minimum Gasteiger partial charge on any atom is -0.441 e. The molecule has 0 aliphatic heterocycles. The fourth-order valence-electron chi connectivity index (χ4n) is 2.14. The Morgan fingerprint density at radius 1 is 1.38 bits per heavy atom. The molecule has 0 spiro atoms. The fraction of sp³-hybridized carbons (Fsp3) is 0.462. The molecule has 1 unspecified atom stereocenters. The third kappa shape index (κ3) is 1.88. The van der Waals surface area contributed by atoms with Gasteiger partial charge in [0.25, 0.3) is 0 Å². The van der Waals surface area contributed by atoms with Gasteiger partial charge in [-0.15, -0.1) is 0 Å². The number of hydrogen-bond donors (Lipinski definition) is 0. The van der Waals surface area contributed by atoms with Gasteiger partial charge in [-0.05, 0) is 30.9 Å². The van der Waals surface area contributed by atoms with Crippen LogP contribution in [0.5, 0.6) is 0 Å². The van der Waals surface area contributed by atoms with Crippen molar-refractivity contribution >= 4 is 27.0 Å². The van der Waals surface area contributed by atoms with E-state index in [1.54, 1.807) is 0 Å². The molecule has 0 amide bonds. The van der Waals surface area contributed by atoms with E-state index in [1.807, 2.05) is 24.3 Å². The standard InChI is InChI=1S/C13H14BrNO/c14-10(9-4-3-5-9)8-13-15-11-6-1-2-7-12(11)16-13/h1-2,6-7,9-10H,3-5,8H2. The summed E-state index contributed by atoms with van der Waals surface area (Å²) in [6, 6.07) is 7.94. The first-order valence-corrected chi connectivity index (χ1v) is 6.73. The molecule has 0 radical (unpaired) electrons. The van der Waals surface area contributed by atoms with E-state index in [4.69, 9.17) is 4.42 Å². The lowest BCUT2D eigenvalue weighted by Crippen LogP contribution is -2.23. The Bertz CT molecular complexity index is 456. The zero-order valence-corrected chi connectivity index (χ0v) is 10.6. The number of benzene rings is 1. The topological polar surface area (TPSA) is 26.0 Å². The lowest BCUT2D eigenvalue weighted by atomic mass is 9.82. The summed E-state index contributed by atoms with van der Waals surface area (Å²) in [5, 5.41) is 0. The number of oxazole rings is 1. The molecule has 0 N–H and O–H groups in total. The molecular formula is C13H14BrNO. The first kappa shape index (κ1) is 10.3. The number of aromatic nitrogens is 1. The summed E-state index contributed by atoms with van der Waals surface area (Å²) in [5.41, 5.74) is 1.86. The number of alkyl halides is 1. The molecule has 2 aromatic rings. The average molecular weight is 280 g/mol. The third-order valence-electron chi connectivity index (χ3n) is 3.37. The summed E-state index contributed by atoms with van der Waals surface area (Å²) in [6.45, 7) is 0. The highest BCUT2D eigenvalue weighted by molar-refractivity contribution is 9.09. The van der Waals surface area contributed by atoms with E-state index in [0.717, 1.165) is 29.3 Å². The van der Waals surface area contributed by atoms with Gasteiger partial charge in [-0.25, -0.2) is 4.98 Å². The van der Waals surface area contributed by atoms with Crippen LogP contribution in [0.4, 0.5) is 0 Å². The minimum atomic E-state index is 0.523. The molecule has 1 aliphatic rings. The number of rotatable bonds is 3. The Morgan fingerprint density at radius 2 is 2.19 bits per heavy atom. The van der Waals surface area contributed by atoms with Gasteiger partial charge in [-0.2, -0.15) is 0 Å². The molecule has 1 fully saturated rings. The molecule has 0 saturated heterocycles. The van der Waals surface area contributed by atoms with Gasteiger partial charge in [0.2, 0.25) is 0 Å². The molecule has 0 bridgehead atoms. The van der Waals surface area contributed by atoms with Gasteiger partial charge in [-0.1, -0.05) is 34.5 Å². The second kappa shape index (κ2) is 4.21. The average Bonchev–Trinajstić information content (AvgIpc) is 2.56. The van der Waals surface area contributed by atoms with Crippen LogP contribution in [-0.2, 0) is 6.42 Å². The lowest BCUT2D eigenvalue weighted by Gasteiger charge is -2.29. The SMILES string of the molecule is BrC(Cc1nc2ccccc2o1)C1CCC1. The van der Waals surface area contributed by atoms with Crippen molar-refractivity contribution in [3.05, 3.63) is 30.2 Å². The molecule has 16 heavy (non-hydrogen) atoms. The van der Waals surface area contributed by atoms with Gasteiger partial charge in [-0.3, -0.25) is 0 Å². The summed E-state index contributed by atoms with van der Waals surface area (Å²) in [6.07, 6.45) is 4.96. The quantitative estimate of drug-likeness (QED) is 0.796. The lowest BCUT2D eigenvalue weighted by molar-refractivity contribution is 0.301. The Balaban J connectivity index is 1.78. The zero-order chi connectivity index (χ0) is 11.0. The second-order valence-electron chi connectivity index (χ2n) is 4.49. The second-order valence-corrected chi connectivity index (χ2v) is 5.66. The molecule has 1 aromatic carbocycles. The number of hydrogen-bond acceptors (Lipinski definition) is 2. The van der Waals surface area contributed by atoms with Crippen LogP contribution in [0.15, 0.2) is 28.7 Å². The summed E-state index contributed by atoms with van der Waals surface area (Å²) < 4.78 is 5.72. The fourth-order valence-corrected chi connectivity index (χ4v) is 2.95. The van der Waals surface area contributed by atoms with Gasteiger partial charge in [0.05, 0.1) is 0 Å². The Kier molecular flexibility index (Phi) is 2.72. The van der Waals surface area contributed by atoms with Crippen molar-refractivity contribution in [1.29, 1.82) is 0 Å². The van der Waals surface area contributed by atoms with Gasteiger partial charge in [0.1, 0.15) is 5.52 Å². The first-order valence-electron chi connectivity index (χ1n) is 5.81. The largest absolute Gasteiger partial charge is 0.441 e. The Labute approximate surface area is 103 Å². The number of para-hydroxylation sites is 2. The van der Waals surface area contributed by atoms with Crippen LogP contribution in [0.1, 0.15) is 25.2 Å². The number of halogens is 1. The maximum absolute atomic E-state index is 5.72. The third-order valence-corrected chi connectivity index (χ3v) is 4.44. The Hall–Kier alpha value is -0.830. The maximum Gasteiger partial charge on any atom is 0.196 e. The molecular weight excluding hydrogens is 266 g/mol. The van der Waals surface area contributed by atoms with Crippen LogP contribution < -0.4 is 0 Å². The van der Waals surface area contributed by atoms with E-state index in [0.29, 0.717) is 4.83 Å². The van der Waals surface area contributed by atoms with Crippen molar-refractivity contribution in [2.45, 2.75) is 30.5 Å². The molecule has 1 atom stereocenters. The van der Waals surface area contributed by atoms with Crippen LogP contribution in [0.2, 0.25) is 0 Å². The van der Waals surface area contributed by atoms with Crippen LogP contribution in [-0.4, -0.2) is 9.81 Å². The van der Waals surface area contributed by atoms with Crippen molar-refractivity contribution in [1.82, 2.24) is 4.98 Å². The predicted octanol–water partition coefficient (Wildman–Crippen LogP) is 3.93. The van der Waals surface area contributed by atoms with E-state index in [-0.39, 0.29) is 0 Å². The number of nitrogens with zero attached hydrogens (tertiary/aromatic N) is 1. The molecule has 3 rings (SSSR count). The van der Waals surface area contributed by atoms with Crippen molar-refractivity contribution in [3.8, 4) is 0 Å². The smallest absolute Gasteiger partial charge is 0.196 e. The number of fused-ring (bicyclic) bond motifs is 1. The van der Waals surface area contributed by atoms with Crippen LogP contribution in [0.25, 0.3) is 11.1 Å². The maximum atomic E-state index is 5.72. The highest BCUT2D eigenvalue weighted by Gasteiger charge is 2.26. The molecule has 1 heterocycles. The predicted molar refractivity (Wildman–Crippen MR) is 67.8 cm³/mol. The van der Waals surface area contributed by atoms with Gasteiger partial charge < -0.3 is 4.42 Å². The molecule has 1 aliphatic carbocycles. The zero-order valence-electron chi connectivity index (χ0n) is 9.03. The molecule has 1 aromatic heterocycles. The van der Waals surface area contributed by atoms with Crippen LogP contribution in [0, 0.1) is 5.92 Å². The van der Waals surface area contributed by atoms with Gasteiger partial charge in [0.15, 0.2) is 11.5 Å². The van der Waals surface area contributed by atoms with Crippen LogP contribution in [0.3, 0.4) is 0 Å². The molecule has 1 saturated carbocycles. The van der Waals surface area contributed by atoms with Crippen molar-refractivity contribution in [2.75, 3.05) is 0 Å². The van der Waals surface area contributed by atoms with E-state index in [9.17, 15) is 0 Å². The van der Waals surface area contributed by atoms with Gasteiger partial charge in [0, 0.05) is 11.2 Å². The van der Waals surface area contributed by atoms with Crippen LogP contribution >= 0.6 is 15.9 Å². The molecule has 3 heteroatoms. The first-order chi connectivity index (χ1) is 7.83. The van der Waals surface area contributed by atoms with Crippen molar-refractivity contribution in [2.24, 2.45) is 5.92 Å². The normalized spacial score (nSPS) is 18.6. The highest BCUT2D eigenvalue weighted by Crippen LogP contribution is 2.35. The van der Waals surface area contributed by atoms with Crippen molar-refractivity contribution < 1.29 is 4.42 Å². The van der Waals surface area contributed by atoms with Crippen molar-refractivity contribution in [3.63, 3.8) is 0 Å².